The Hall–Kier alpha value is -3.35. The van der Waals surface area contributed by atoms with E-state index in [1.807, 2.05) is 61.2 Å². The highest BCUT2D eigenvalue weighted by atomic mass is 16.5. The molecule has 0 radical (unpaired) electrons. The molecule has 1 aromatic heterocycles. The summed E-state index contributed by atoms with van der Waals surface area (Å²) in [6, 6.07) is 14.0. The molecule has 1 N–H and O–H groups in total. The van der Waals surface area contributed by atoms with Crippen molar-refractivity contribution in [2.45, 2.75) is 72.8 Å². The van der Waals surface area contributed by atoms with Gasteiger partial charge in [0.25, 0.3) is 5.91 Å². The van der Waals surface area contributed by atoms with E-state index in [2.05, 4.69) is 23.7 Å². The summed E-state index contributed by atoms with van der Waals surface area (Å²) in [4.78, 5) is 32.0. The van der Waals surface area contributed by atoms with Crippen LogP contribution in [0.1, 0.15) is 62.9 Å². The van der Waals surface area contributed by atoms with Crippen LogP contribution in [0.5, 0.6) is 5.75 Å². The van der Waals surface area contributed by atoms with Gasteiger partial charge in [0, 0.05) is 26.1 Å². The van der Waals surface area contributed by atoms with E-state index < -0.39 is 0 Å². The SMILES string of the molecule is CCCN(CCC)C(=O)Cn1c(CCCCCNC(=O)COc2cc(C)ccc2C)nc2ccccc21. The molecule has 0 saturated carbocycles. The molecule has 0 aliphatic carbocycles. The molecule has 0 fully saturated rings. The number of rotatable bonds is 15. The molecule has 0 unspecified atom stereocenters. The number of nitrogens with one attached hydrogen (secondary N) is 1. The third-order valence-electron chi connectivity index (χ3n) is 6.47. The van der Waals surface area contributed by atoms with Crippen molar-refractivity contribution in [3.8, 4) is 5.75 Å². The normalized spacial score (nSPS) is 11.0. The molecule has 200 valence electrons. The van der Waals surface area contributed by atoms with Crippen molar-refractivity contribution >= 4 is 22.8 Å². The van der Waals surface area contributed by atoms with Crippen LogP contribution in [0, 0.1) is 13.8 Å². The van der Waals surface area contributed by atoms with E-state index in [-0.39, 0.29) is 18.4 Å². The van der Waals surface area contributed by atoms with Gasteiger partial charge in [0.1, 0.15) is 18.1 Å². The number of imidazole rings is 1. The Kier molecular flexibility index (Phi) is 11.0. The van der Waals surface area contributed by atoms with Crippen molar-refractivity contribution in [2.75, 3.05) is 26.2 Å². The van der Waals surface area contributed by atoms with Gasteiger partial charge < -0.3 is 19.5 Å². The molecule has 3 rings (SSSR count). The quantitative estimate of drug-likeness (QED) is 0.287. The Bertz CT molecular complexity index is 1160. The van der Waals surface area contributed by atoms with E-state index in [1.165, 1.54) is 0 Å². The number of aryl methyl sites for hydroxylation is 3. The Morgan fingerprint density at radius 1 is 1.00 bits per heavy atom. The largest absolute Gasteiger partial charge is 0.483 e. The summed E-state index contributed by atoms with van der Waals surface area (Å²) in [5, 5.41) is 2.95. The first-order valence-electron chi connectivity index (χ1n) is 13.6. The fraction of sp³-hybridized carbons (Fsp3) is 0.500. The first-order valence-corrected chi connectivity index (χ1v) is 13.6. The maximum atomic E-state index is 13.1. The molecule has 7 heteroatoms. The number of carbonyl (C=O) groups is 2. The van der Waals surface area contributed by atoms with Crippen molar-refractivity contribution in [1.82, 2.24) is 19.8 Å². The molecule has 2 amide bonds. The lowest BCUT2D eigenvalue weighted by atomic mass is 10.1. The number of hydrogen-bond acceptors (Lipinski definition) is 4. The number of hydrogen-bond donors (Lipinski definition) is 1. The zero-order chi connectivity index (χ0) is 26.6. The molecule has 0 aliphatic rings. The summed E-state index contributed by atoms with van der Waals surface area (Å²) >= 11 is 0. The number of nitrogens with zero attached hydrogens (tertiary/aromatic N) is 3. The molecule has 7 nitrogen and oxygen atoms in total. The van der Waals surface area contributed by atoms with E-state index >= 15 is 0 Å². The number of amides is 2. The number of aromatic nitrogens is 2. The van der Waals surface area contributed by atoms with Crippen molar-refractivity contribution in [1.29, 1.82) is 0 Å². The Morgan fingerprint density at radius 2 is 1.76 bits per heavy atom. The zero-order valence-corrected chi connectivity index (χ0v) is 22.9. The molecule has 3 aromatic rings. The van der Waals surface area contributed by atoms with E-state index in [0.717, 1.165) is 85.3 Å². The number of benzene rings is 2. The fourth-order valence-corrected chi connectivity index (χ4v) is 4.50. The van der Waals surface area contributed by atoms with Gasteiger partial charge in [-0.15, -0.1) is 0 Å². The minimum Gasteiger partial charge on any atom is -0.483 e. The molecular weight excluding hydrogens is 464 g/mol. The Labute approximate surface area is 221 Å². The van der Waals surface area contributed by atoms with Crippen LogP contribution in [0.15, 0.2) is 42.5 Å². The van der Waals surface area contributed by atoms with Crippen LogP contribution in [0.3, 0.4) is 0 Å². The summed E-state index contributed by atoms with van der Waals surface area (Å²) < 4.78 is 7.77. The average molecular weight is 507 g/mol. The summed E-state index contributed by atoms with van der Waals surface area (Å²) in [6.07, 6.45) is 5.50. The molecule has 0 spiro atoms. The standard InChI is InChI=1S/C30H42N4O3/c1-5-18-33(19-6-2)30(36)21-34-26-13-10-9-12-25(26)32-28(34)14-8-7-11-17-31-29(35)22-37-27-20-23(3)15-16-24(27)4/h9-10,12-13,15-16,20H,5-8,11,14,17-19,21-22H2,1-4H3,(H,31,35). The van der Waals surface area contributed by atoms with Gasteiger partial charge in [-0.2, -0.15) is 0 Å². The second-order valence-corrected chi connectivity index (χ2v) is 9.70. The van der Waals surface area contributed by atoms with E-state index in [4.69, 9.17) is 9.72 Å². The maximum Gasteiger partial charge on any atom is 0.257 e. The van der Waals surface area contributed by atoms with E-state index in [1.54, 1.807) is 0 Å². The van der Waals surface area contributed by atoms with Gasteiger partial charge >= 0.3 is 0 Å². The minimum absolute atomic E-state index is 0.0232. The van der Waals surface area contributed by atoms with Crippen LogP contribution in [0.25, 0.3) is 11.0 Å². The van der Waals surface area contributed by atoms with Crippen LogP contribution in [-0.4, -0.2) is 52.5 Å². The lowest BCUT2D eigenvalue weighted by molar-refractivity contribution is -0.132. The molecule has 0 atom stereocenters. The van der Waals surface area contributed by atoms with Gasteiger partial charge in [0.15, 0.2) is 6.61 Å². The first kappa shape index (κ1) is 28.2. The number of ether oxygens (including phenoxy) is 1. The van der Waals surface area contributed by atoms with Gasteiger partial charge in [0.05, 0.1) is 11.0 Å². The Balaban J connectivity index is 1.47. The van der Waals surface area contributed by atoms with E-state index in [0.29, 0.717) is 13.1 Å². The predicted molar refractivity (Wildman–Crippen MR) is 149 cm³/mol. The average Bonchev–Trinajstić information content (AvgIpc) is 3.23. The van der Waals surface area contributed by atoms with Gasteiger partial charge in [-0.05, 0) is 68.9 Å². The highest BCUT2D eigenvalue weighted by Gasteiger charge is 2.17. The topological polar surface area (TPSA) is 76.5 Å². The molecule has 0 saturated heterocycles. The zero-order valence-electron chi connectivity index (χ0n) is 22.9. The Morgan fingerprint density at radius 3 is 2.51 bits per heavy atom. The van der Waals surface area contributed by atoms with Gasteiger partial charge in [-0.1, -0.05) is 44.5 Å². The van der Waals surface area contributed by atoms with Crippen LogP contribution < -0.4 is 10.1 Å². The van der Waals surface area contributed by atoms with Crippen molar-refractivity contribution < 1.29 is 14.3 Å². The summed E-state index contributed by atoms with van der Waals surface area (Å²) in [5.41, 5.74) is 4.07. The third-order valence-corrected chi connectivity index (χ3v) is 6.47. The van der Waals surface area contributed by atoms with Crippen molar-refractivity contribution in [3.05, 3.63) is 59.4 Å². The summed E-state index contributed by atoms with van der Waals surface area (Å²) in [6.45, 7) is 10.7. The minimum atomic E-state index is -0.107. The smallest absolute Gasteiger partial charge is 0.257 e. The van der Waals surface area contributed by atoms with Crippen LogP contribution >= 0.6 is 0 Å². The fourth-order valence-electron chi connectivity index (χ4n) is 4.50. The summed E-state index contributed by atoms with van der Waals surface area (Å²) in [7, 11) is 0. The highest BCUT2D eigenvalue weighted by Crippen LogP contribution is 2.20. The molecule has 1 heterocycles. The van der Waals surface area contributed by atoms with Crippen LogP contribution in [-0.2, 0) is 22.6 Å². The predicted octanol–water partition coefficient (Wildman–Crippen LogP) is 5.21. The molecule has 2 aromatic carbocycles. The molecule has 0 aliphatic heterocycles. The number of unbranched alkanes of at least 4 members (excludes halogenated alkanes) is 2. The summed E-state index contributed by atoms with van der Waals surface area (Å²) in [5.74, 6) is 1.75. The van der Waals surface area contributed by atoms with E-state index in [9.17, 15) is 9.59 Å². The number of fused-ring (bicyclic) bond motifs is 1. The number of para-hydroxylation sites is 2. The molecular formula is C30H42N4O3. The number of carbonyl (C=O) groups excluding carboxylic acids is 2. The van der Waals surface area contributed by atoms with Gasteiger partial charge in [0.2, 0.25) is 5.91 Å². The van der Waals surface area contributed by atoms with Gasteiger partial charge in [-0.25, -0.2) is 4.98 Å². The maximum absolute atomic E-state index is 13.1. The molecule has 37 heavy (non-hydrogen) atoms. The lowest BCUT2D eigenvalue weighted by Crippen LogP contribution is -2.35. The second kappa shape index (κ2) is 14.4. The van der Waals surface area contributed by atoms with Crippen LogP contribution in [0.2, 0.25) is 0 Å². The van der Waals surface area contributed by atoms with Gasteiger partial charge in [-0.3, -0.25) is 9.59 Å². The first-order chi connectivity index (χ1) is 17.9. The van der Waals surface area contributed by atoms with Crippen molar-refractivity contribution in [2.24, 2.45) is 0 Å². The van der Waals surface area contributed by atoms with Crippen LogP contribution in [0.4, 0.5) is 0 Å². The molecule has 0 bridgehead atoms. The third kappa shape index (κ3) is 8.34. The van der Waals surface area contributed by atoms with Crippen molar-refractivity contribution in [3.63, 3.8) is 0 Å². The lowest BCUT2D eigenvalue weighted by Gasteiger charge is -2.22. The highest BCUT2D eigenvalue weighted by molar-refractivity contribution is 5.81. The monoisotopic (exact) mass is 506 g/mol. The second-order valence-electron chi connectivity index (χ2n) is 9.70.